The van der Waals surface area contributed by atoms with E-state index in [0.717, 1.165) is 44.5 Å². The highest BCUT2D eigenvalue weighted by Crippen LogP contribution is 2.23. The Balaban J connectivity index is 1.86. The first-order chi connectivity index (χ1) is 11.1. The first-order valence-corrected chi connectivity index (χ1v) is 9.01. The minimum Gasteiger partial charge on any atom is -0.372 e. The Morgan fingerprint density at radius 1 is 1.13 bits per heavy atom. The Labute approximate surface area is 144 Å². The zero-order chi connectivity index (χ0) is 16.7. The molecule has 1 fully saturated rings. The van der Waals surface area contributed by atoms with E-state index in [9.17, 15) is 4.79 Å². The van der Waals surface area contributed by atoms with Crippen LogP contribution < -0.4 is 15.5 Å². The zero-order valence-electron chi connectivity index (χ0n) is 14.1. The topological polar surface area (TPSA) is 44.4 Å². The van der Waals surface area contributed by atoms with E-state index in [-0.39, 0.29) is 11.8 Å². The van der Waals surface area contributed by atoms with Gasteiger partial charge in [0.25, 0.3) is 0 Å². The van der Waals surface area contributed by atoms with Gasteiger partial charge in [-0.15, -0.1) is 0 Å². The van der Waals surface area contributed by atoms with Crippen molar-refractivity contribution in [1.82, 2.24) is 5.32 Å². The van der Waals surface area contributed by atoms with E-state index in [1.807, 2.05) is 12.1 Å². The van der Waals surface area contributed by atoms with Crippen molar-refractivity contribution in [3.05, 3.63) is 24.3 Å². The fourth-order valence-corrected chi connectivity index (χ4v) is 3.30. The fraction of sp³-hybridized carbons (Fsp3) is 0.556. The highest BCUT2D eigenvalue weighted by molar-refractivity contribution is 7.80. The van der Waals surface area contributed by atoms with Crippen LogP contribution in [0.5, 0.6) is 0 Å². The minimum atomic E-state index is 0.0574. The second-order valence-electron chi connectivity index (χ2n) is 6.00. The second-order valence-corrected chi connectivity index (χ2v) is 6.41. The molecule has 0 bridgehead atoms. The summed E-state index contributed by atoms with van der Waals surface area (Å²) in [4.78, 5) is 14.5. The molecule has 0 aliphatic heterocycles. The van der Waals surface area contributed by atoms with Gasteiger partial charge in [-0.05, 0) is 63.2 Å². The number of nitrogens with one attached hydrogen (secondary N) is 2. The molecule has 1 saturated carbocycles. The predicted octanol–water partition coefficient (Wildman–Crippen LogP) is 3.93. The molecule has 1 aromatic rings. The van der Waals surface area contributed by atoms with Gasteiger partial charge in [-0.3, -0.25) is 4.79 Å². The molecule has 0 heterocycles. The molecular weight excluding hydrogens is 306 g/mol. The molecule has 4 nitrogen and oxygen atoms in total. The van der Waals surface area contributed by atoms with E-state index in [0.29, 0.717) is 5.11 Å². The van der Waals surface area contributed by atoms with Crippen molar-refractivity contribution in [3.63, 3.8) is 0 Å². The van der Waals surface area contributed by atoms with Gasteiger partial charge in [-0.2, -0.15) is 0 Å². The van der Waals surface area contributed by atoms with Crippen LogP contribution in [0.25, 0.3) is 0 Å². The summed E-state index contributed by atoms with van der Waals surface area (Å²) in [6.45, 7) is 6.26. The van der Waals surface area contributed by atoms with Crippen LogP contribution in [0.4, 0.5) is 11.4 Å². The molecule has 0 unspecified atom stereocenters. The lowest BCUT2D eigenvalue weighted by molar-refractivity contribution is -0.124. The molecule has 1 aromatic carbocycles. The number of hydrogen-bond donors (Lipinski definition) is 2. The maximum absolute atomic E-state index is 12.2. The molecular formula is C18H27N3OS. The molecule has 0 radical (unpaired) electrons. The molecule has 1 amide bonds. The number of carbonyl (C=O) groups excluding carboxylic acids is 1. The van der Waals surface area contributed by atoms with Gasteiger partial charge >= 0.3 is 0 Å². The summed E-state index contributed by atoms with van der Waals surface area (Å²) in [5.74, 6) is 0.176. The zero-order valence-corrected chi connectivity index (χ0v) is 14.9. The lowest BCUT2D eigenvalue weighted by Crippen LogP contribution is -2.39. The molecule has 0 spiro atoms. The average Bonchev–Trinajstić information content (AvgIpc) is 2.58. The summed E-state index contributed by atoms with van der Waals surface area (Å²) in [7, 11) is 0. The van der Waals surface area contributed by atoms with Crippen molar-refractivity contribution in [3.8, 4) is 0 Å². The second kappa shape index (κ2) is 8.87. The summed E-state index contributed by atoms with van der Waals surface area (Å²) < 4.78 is 0. The van der Waals surface area contributed by atoms with Gasteiger partial charge in [0.1, 0.15) is 0 Å². The van der Waals surface area contributed by atoms with Gasteiger partial charge in [0.15, 0.2) is 5.11 Å². The first-order valence-electron chi connectivity index (χ1n) is 8.61. The number of amides is 1. The third-order valence-electron chi connectivity index (χ3n) is 4.47. The van der Waals surface area contributed by atoms with E-state index in [4.69, 9.17) is 12.2 Å². The molecule has 5 heteroatoms. The Morgan fingerprint density at radius 2 is 1.74 bits per heavy atom. The number of hydrogen-bond acceptors (Lipinski definition) is 3. The summed E-state index contributed by atoms with van der Waals surface area (Å²) in [6, 6.07) is 8.13. The monoisotopic (exact) mass is 333 g/mol. The Bertz CT molecular complexity index is 520. The van der Waals surface area contributed by atoms with Gasteiger partial charge in [-0.25, -0.2) is 0 Å². The molecule has 0 aromatic heterocycles. The number of carbonyl (C=O) groups is 1. The van der Waals surface area contributed by atoms with Crippen molar-refractivity contribution in [2.24, 2.45) is 5.92 Å². The van der Waals surface area contributed by atoms with Crippen LogP contribution in [0.2, 0.25) is 0 Å². The highest BCUT2D eigenvalue weighted by Gasteiger charge is 2.21. The van der Waals surface area contributed by atoms with Crippen LogP contribution in [-0.4, -0.2) is 24.1 Å². The third kappa shape index (κ3) is 5.20. The minimum absolute atomic E-state index is 0.0574. The molecule has 1 aliphatic rings. The van der Waals surface area contributed by atoms with E-state index >= 15 is 0 Å². The number of rotatable bonds is 5. The lowest BCUT2D eigenvalue weighted by atomic mass is 9.89. The van der Waals surface area contributed by atoms with Crippen molar-refractivity contribution in [2.75, 3.05) is 23.3 Å². The molecule has 126 valence electrons. The third-order valence-corrected chi connectivity index (χ3v) is 4.67. The fourth-order valence-electron chi connectivity index (χ4n) is 3.09. The van der Waals surface area contributed by atoms with Crippen LogP contribution in [0.15, 0.2) is 24.3 Å². The number of anilines is 2. The number of thiocarbonyl (C=S) groups is 1. The largest absolute Gasteiger partial charge is 0.372 e. The number of benzene rings is 1. The standard InChI is InChI=1S/C18H27N3OS/c1-3-21(4-2)16-12-10-15(11-13-16)19-18(23)20-17(22)14-8-6-5-7-9-14/h10-14H,3-9H2,1-2H3,(H2,19,20,22,23). The Kier molecular flexibility index (Phi) is 6.84. The summed E-state index contributed by atoms with van der Waals surface area (Å²) in [6.07, 6.45) is 5.49. The summed E-state index contributed by atoms with van der Waals surface area (Å²) in [5.41, 5.74) is 2.09. The molecule has 0 saturated heterocycles. The van der Waals surface area contributed by atoms with Crippen molar-refractivity contribution < 1.29 is 4.79 Å². The van der Waals surface area contributed by atoms with Crippen molar-refractivity contribution in [2.45, 2.75) is 46.0 Å². The van der Waals surface area contributed by atoms with Gasteiger partial charge < -0.3 is 15.5 Å². The maximum Gasteiger partial charge on any atom is 0.229 e. The van der Waals surface area contributed by atoms with Gasteiger partial charge in [-0.1, -0.05) is 19.3 Å². The smallest absolute Gasteiger partial charge is 0.229 e. The van der Waals surface area contributed by atoms with Gasteiger partial charge in [0.05, 0.1) is 0 Å². The van der Waals surface area contributed by atoms with Crippen LogP contribution in [0, 0.1) is 5.92 Å². The molecule has 0 atom stereocenters. The summed E-state index contributed by atoms with van der Waals surface area (Å²) in [5, 5.41) is 6.31. The van der Waals surface area contributed by atoms with E-state index in [1.54, 1.807) is 0 Å². The van der Waals surface area contributed by atoms with Crippen LogP contribution in [-0.2, 0) is 4.79 Å². The normalized spacial score (nSPS) is 15.0. The molecule has 1 aliphatic carbocycles. The predicted molar refractivity (Wildman–Crippen MR) is 101 cm³/mol. The maximum atomic E-state index is 12.2. The van der Waals surface area contributed by atoms with E-state index in [2.05, 4.69) is 41.5 Å². The average molecular weight is 334 g/mol. The summed E-state index contributed by atoms with van der Waals surface area (Å²) >= 11 is 5.26. The molecule has 2 rings (SSSR count). The van der Waals surface area contributed by atoms with Crippen LogP contribution in [0.1, 0.15) is 46.0 Å². The molecule has 2 N–H and O–H groups in total. The lowest BCUT2D eigenvalue weighted by Gasteiger charge is -2.22. The SMILES string of the molecule is CCN(CC)c1ccc(NC(=S)NC(=O)C2CCCCC2)cc1. The Hall–Kier alpha value is -1.62. The van der Waals surface area contributed by atoms with Crippen LogP contribution >= 0.6 is 12.2 Å². The quantitative estimate of drug-likeness (QED) is 0.802. The Morgan fingerprint density at radius 3 is 2.30 bits per heavy atom. The van der Waals surface area contributed by atoms with Crippen LogP contribution in [0.3, 0.4) is 0 Å². The van der Waals surface area contributed by atoms with E-state index in [1.165, 1.54) is 12.1 Å². The number of nitrogens with zero attached hydrogens (tertiary/aromatic N) is 1. The van der Waals surface area contributed by atoms with Gasteiger partial charge in [0.2, 0.25) is 5.91 Å². The van der Waals surface area contributed by atoms with E-state index < -0.39 is 0 Å². The highest BCUT2D eigenvalue weighted by atomic mass is 32.1. The van der Waals surface area contributed by atoms with Gasteiger partial charge in [0, 0.05) is 30.4 Å². The van der Waals surface area contributed by atoms with Crippen molar-refractivity contribution in [1.29, 1.82) is 0 Å². The van der Waals surface area contributed by atoms with Crippen molar-refractivity contribution >= 4 is 34.6 Å². The first kappa shape index (κ1) is 17.7. The molecule has 23 heavy (non-hydrogen) atoms.